The number of nitrogens with two attached hydrogens (primary N) is 1. The number of halogens is 1. The molecular formula is C11H10FN3O. The lowest BCUT2D eigenvalue weighted by molar-refractivity contribution is 0.102. The summed E-state index contributed by atoms with van der Waals surface area (Å²) in [6, 6.07) is 7.18. The molecule has 82 valence electrons. The van der Waals surface area contributed by atoms with E-state index in [1.165, 1.54) is 30.5 Å². The zero-order valence-corrected chi connectivity index (χ0v) is 8.33. The maximum atomic E-state index is 12.8. The molecule has 2 aromatic rings. The van der Waals surface area contributed by atoms with Crippen LogP contribution in [-0.2, 0) is 0 Å². The molecule has 0 saturated heterocycles. The summed E-state index contributed by atoms with van der Waals surface area (Å²) in [5.74, 6) is -0.758. The van der Waals surface area contributed by atoms with Crippen LogP contribution in [-0.4, -0.2) is 10.9 Å². The predicted molar refractivity (Wildman–Crippen MR) is 59.6 cm³/mol. The molecule has 4 nitrogen and oxygen atoms in total. The van der Waals surface area contributed by atoms with Crippen molar-refractivity contribution in [3.05, 3.63) is 48.0 Å². The van der Waals surface area contributed by atoms with Crippen molar-refractivity contribution in [3.8, 4) is 0 Å². The Morgan fingerprint density at radius 1 is 1.38 bits per heavy atom. The molecule has 1 heterocycles. The van der Waals surface area contributed by atoms with Crippen molar-refractivity contribution in [3.63, 3.8) is 0 Å². The lowest BCUT2D eigenvalue weighted by atomic mass is 10.3. The molecule has 0 fully saturated rings. The van der Waals surface area contributed by atoms with Crippen molar-refractivity contribution in [2.24, 2.45) is 0 Å². The van der Waals surface area contributed by atoms with E-state index in [-0.39, 0.29) is 5.91 Å². The maximum absolute atomic E-state index is 12.8. The first kappa shape index (κ1) is 10.2. The number of nitrogens with one attached hydrogen (secondary N) is 2. The van der Waals surface area contributed by atoms with Crippen LogP contribution in [0.1, 0.15) is 10.5 Å². The van der Waals surface area contributed by atoms with Crippen LogP contribution in [0.4, 0.5) is 15.8 Å². The summed E-state index contributed by atoms with van der Waals surface area (Å²) in [5, 5.41) is 2.55. The monoisotopic (exact) mass is 219 g/mol. The van der Waals surface area contributed by atoms with E-state index in [1.807, 2.05) is 0 Å². The van der Waals surface area contributed by atoms with Gasteiger partial charge in [0.15, 0.2) is 0 Å². The summed E-state index contributed by atoms with van der Waals surface area (Å²) in [6.07, 6.45) is 1.51. The second-order valence-electron chi connectivity index (χ2n) is 3.31. The highest BCUT2D eigenvalue weighted by Gasteiger charge is 2.07. The molecule has 0 aliphatic rings. The minimum absolute atomic E-state index is 0.335. The van der Waals surface area contributed by atoms with Crippen LogP contribution in [0, 0.1) is 5.82 Å². The number of hydrogen-bond donors (Lipinski definition) is 3. The van der Waals surface area contributed by atoms with Gasteiger partial charge in [-0.2, -0.15) is 0 Å². The molecule has 4 N–H and O–H groups in total. The number of aromatic amines is 1. The number of aromatic nitrogens is 1. The number of anilines is 2. The quantitative estimate of drug-likeness (QED) is 0.722. The van der Waals surface area contributed by atoms with Crippen LogP contribution in [0.15, 0.2) is 36.5 Å². The number of hydrogen-bond acceptors (Lipinski definition) is 2. The molecule has 1 amide bonds. The van der Waals surface area contributed by atoms with E-state index in [4.69, 9.17) is 5.73 Å². The molecule has 0 bridgehead atoms. The first-order valence-corrected chi connectivity index (χ1v) is 4.66. The van der Waals surface area contributed by atoms with Gasteiger partial charge in [0.05, 0.1) is 0 Å². The Morgan fingerprint density at radius 3 is 2.81 bits per heavy atom. The second-order valence-corrected chi connectivity index (χ2v) is 3.31. The summed E-state index contributed by atoms with van der Waals surface area (Å²) >= 11 is 0. The molecule has 5 heteroatoms. The fourth-order valence-corrected chi connectivity index (χ4v) is 1.31. The van der Waals surface area contributed by atoms with E-state index in [9.17, 15) is 9.18 Å². The van der Waals surface area contributed by atoms with Crippen LogP contribution < -0.4 is 11.1 Å². The van der Waals surface area contributed by atoms with Gasteiger partial charge in [0, 0.05) is 17.6 Å². The molecule has 16 heavy (non-hydrogen) atoms. The number of carbonyl (C=O) groups is 1. The highest BCUT2D eigenvalue weighted by atomic mass is 19.1. The van der Waals surface area contributed by atoms with Crippen LogP contribution in [0.3, 0.4) is 0 Å². The molecule has 2 rings (SSSR count). The minimum atomic E-state index is -0.399. The smallest absolute Gasteiger partial charge is 0.272 e. The zero-order valence-electron chi connectivity index (χ0n) is 8.33. The maximum Gasteiger partial charge on any atom is 0.272 e. The molecule has 0 unspecified atom stereocenters. The van der Waals surface area contributed by atoms with Gasteiger partial charge in [0.1, 0.15) is 11.5 Å². The Balaban J connectivity index is 2.13. The van der Waals surface area contributed by atoms with Gasteiger partial charge < -0.3 is 16.0 Å². The molecule has 0 aliphatic heterocycles. The largest absolute Gasteiger partial charge is 0.397 e. The minimum Gasteiger partial charge on any atom is -0.397 e. The number of carbonyl (C=O) groups excluding carboxylic acids is 1. The average molecular weight is 219 g/mol. The van der Waals surface area contributed by atoms with Crippen molar-refractivity contribution in [1.29, 1.82) is 0 Å². The zero-order chi connectivity index (χ0) is 11.5. The fraction of sp³-hybridized carbons (Fsp3) is 0. The van der Waals surface area contributed by atoms with Gasteiger partial charge in [0.25, 0.3) is 5.91 Å². The standard InChI is InChI=1S/C11H10FN3O/c12-7-2-1-3-9(4-7)15-11(16)10-5-8(13)6-14-10/h1-6,14H,13H2,(H,15,16). The highest BCUT2D eigenvalue weighted by molar-refractivity contribution is 6.03. The Labute approximate surface area is 91.3 Å². The lowest BCUT2D eigenvalue weighted by Crippen LogP contribution is -2.12. The van der Waals surface area contributed by atoms with Crippen molar-refractivity contribution < 1.29 is 9.18 Å². The normalized spacial score (nSPS) is 10.1. The van der Waals surface area contributed by atoms with E-state index in [2.05, 4.69) is 10.3 Å². The second kappa shape index (κ2) is 4.06. The van der Waals surface area contributed by atoms with E-state index < -0.39 is 5.82 Å². The van der Waals surface area contributed by atoms with Crippen molar-refractivity contribution >= 4 is 17.3 Å². The third-order valence-corrected chi connectivity index (χ3v) is 2.03. The summed E-state index contributed by atoms with van der Waals surface area (Å²) < 4.78 is 12.8. The fourth-order valence-electron chi connectivity index (χ4n) is 1.31. The number of benzene rings is 1. The van der Waals surface area contributed by atoms with Crippen molar-refractivity contribution in [2.45, 2.75) is 0 Å². The Kier molecular flexibility index (Phi) is 2.59. The molecular weight excluding hydrogens is 209 g/mol. The SMILES string of the molecule is Nc1c[nH]c(C(=O)Nc2cccc(F)c2)c1. The van der Waals surface area contributed by atoms with E-state index in [1.54, 1.807) is 6.07 Å². The molecule has 1 aromatic carbocycles. The van der Waals surface area contributed by atoms with Crippen LogP contribution in [0.25, 0.3) is 0 Å². The predicted octanol–water partition coefficient (Wildman–Crippen LogP) is 1.99. The lowest BCUT2D eigenvalue weighted by Gasteiger charge is -2.03. The number of nitrogen functional groups attached to an aromatic ring is 1. The van der Waals surface area contributed by atoms with E-state index in [0.29, 0.717) is 17.1 Å². The molecule has 0 aliphatic carbocycles. The first-order chi connectivity index (χ1) is 7.65. The molecule has 0 saturated carbocycles. The number of H-pyrrole nitrogens is 1. The molecule has 1 aromatic heterocycles. The van der Waals surface area contributed by atoms with Crippen LogP contribution >= 0.6 is 0 Å². The van der Waals surface area contributed by atoms with Gasteiger partial charge in [-0.15, -0.1) is 0 Å². The average Bonchev–Trinajstić information content (AvgIpc) is 2.65. The van der Waals surface area contributed by atoms with E-state index in [0.717, 1.165) is 0 Å². The summed E-state index contributed by atoms with van der Waals surface area (Å²) in [7, 11) is 0. The Morgan fingerprint density at radius 2 is 2.19 bits per heavy atom. The van der Waals surface area contributed by atoms with Gasteiger partial charge in [-0.25, -0.2) is 4.39 Å². The van der Waals surface area contributed by atoms with Gasteiger partial charge in [0.2, 0.25) is 0 Å². The Bertz CT molecular complexity index is 521. The highest BCUT2D eigenvalue weighted by Crippen LogP contribution is 2.11. The molecule has 0 atom stereocenters. The van der Waals surface area contributed by atoms with Crippen LogP contribution in [0.2, 0.25) is 0 Å². The molecule has 0 spiro atoms. The van der Waals surface area contributed by atoms with Crippen molar-refractivity contribution in [1.82, 2.24) is 4.98 Å². The van der Waals surface area contributed by atoms with Gasteiger partial charge in [-0.1, -0.05) is 6.07 Å². The topological polar surface area (TPSA) is 70.9 Å². The van der Waals surface area contributed by atoms with Gasteiger partial charge >= 0.3 is 0 Å². The van der Waals surface area contributed by atoms with E-state index >= 15 is 0 Å². The summed E-state index contributed by atoms with van der Waals surface area (Å²) in [6.45, 7) is 0. The molecule has 0 radical (unpaired) electrons. The van der Waals surface area contributed by atoms with Crippen molar-refractivity contribution in [2.75, 3.05) is 11.1 Å². The van der Waals surface area contributed by atoms with Crippen LogP contribution in [0.5, 0.6) is 0 Å². The first-order valence-electron chi connectivity index (χ1n) is 4.66. The van der Waals surface area contributed by atoms with Gasteiger partial charge in [-0.05, 0) is 24.3 Å². The number of rotatable bonds is 2. The summed E-state index contributed by atoms with van der Waals surface area (Å²) in [5.41, 5.74) is 6.67. The third kappa shape index (κ3) is 2.20. The Hall–Kier alpha value is -2.30. The third-order valence-electron chi connectivity index (χ3n) is 2.03. The summed E-state index contributed by atoms with van der Waals surface area (Å²) in [4.78, 5) is 14.3. The van der Waals surface area contributed by atoms with Gasteiger partial charge in [-0.3, -0.25) is 4.79 Å². The number of amides is 1.